The van der Waals surface area contributed by atoms with Gasteiger partial charge in [0, 0.05) is 35.6 Å². The van der Waals surface area contributed by atoms with E-state index in [4.69, 9.17) is 0 Å². The average Bonchev–Trinajstić information content (AvgIpc) is 3.08. The molecule has 3 rings (SSSR count). The second-order valence-corrected chi connectivity index (χ2v) is 7.66. The van der Waals surface area contributed by atoms with Gasteiger partial charge in [0.25, 0.3) is 0 Å². The third-order valence-corrected chi connectivity index (χ3v) is 5.05. The van der Waals surface area contributed by atoms with Crippen LogP contribution in [0, 0.1) is 5.82 Å². The molecule has 0 aliphatic heterocycles. The lowest BCUT2D eigenvalue weighted by atomic mass is 10.0. The van der Waals surface area contributed by atoms with Crippen LogP contribution < -0.4 is 5.32 Å². The van der Waals surface area contributed by atoms with Gasteiger partial charge >= 0.3 is 0 Å². The van der Waals surface area contributed by atoms with Gasteiger partial charge < -0.3 is 15.2 Å². The number of aromatic nitrogens is 1. The third-order valence-electron chi connectivity index (χ3n) is 5.05. The van der Waals surface area contributed by atoms with Crippen LogP contribution in [-0.4, -0.2) is 40.8 Å². The van der Waals surface area contributed by atoms with Gasteiger partial charge in [-0.1, -0.05) is 18.2 Å². The molecule has 0 aliphatic carbocycles. The Labute approximate surface area is 176 Å². The minimum atomic E-state index is -0.287. The van der Waals surface area contributed by atoms with Crippen molar-refractivity contribution < 1.29 is 14.0 Å². The zero-order valence-corrected chi connectivity index (χ0v) is 17.7. The summed E-state index contributed by atoms with van der Waals surface area (Å²) >= 11 is 0. The fourth-order valence-electron chi connectivity index (χ4n) is 3.63. The van der Waals surface area contributed by atoms with Gasteiger partial charge in [0.1, 0.15) is 5.82 Å². The molecule has 0 radical (unpaired) electrons. The van der Waals surface area contributed by atoms with Crippen molar-refractivity contribution in [2.24, 2.45) is 0 Å². The number of aryl methyl sites for hydroxylation is 1. The number of para-hydroxylation sites is 1. The number of likely N-dealkylation sites (N-methyl/N-ethyl adjacent to an activating group) is 1. The molecule has 0 saturated heterocycles. The summed E-state index contributed by atoms with van der Waals surface area (Å²) in [6, 6.07) is 14.3. The van der Waals surface area contributed by atoms with Crippen molar-refractivity contribution >= 4 is 22.7 Å². The van der Waals surface area contributed by atoms with E-state index in [1.54, 1.807) is 17.0 Å². The summed E-state index contributed by atoms with van der Waals surface area (Å²) in [5, 5.41) is 3.87. The van der Waals surface area contributed by atoms with Crippen LogP contribution in [-0.2, 0) is 16.0 Å². The van der Waals surface area contributed by atoms with Crippen molar-refractivity contribution in [3.05, 3.63) is 59.9 Å². The standard InChI is InChI=1S/C24H28FN3O2/c1-4-28(15-22(29)26-16(2)3)23(30)14-13-20-19-7-5-6-8-21(19)27-24(20)17-9-11-18(25)12-10-17/h5-12,16,27H,4,13-15H2,1-3H3,(H,26,29). The van der Waals surface area contributed by atoms with Gasteiger partial charge in [0.05, 0.1) is 6.54 Å². The number of carbonyl (C=O) groups is 2. The number of benzene rings is 2. The van der Waals surface area contributed by atoms with Crippen molar-refractivity contribution in [2.45, 2.75) is 39.7 Å². The molecule has 0 bridgehead atoms. The zero-order chi connectivity index (χ0) is 21.7. The van der Waals surface area contributed by atoms with Gasteiger partial charge in [0.15, 0.2) is 0 Å². The van der Waals surface area contributed by atoms with Crippen molar-refractivity contribution in [1.82, 2.24) is 15.2 Å². The fraction of sp³-hybridized carbons (Fsp3) is 0.333. The molecule has 0 saturated carbocycles. The quantitative estimate of drug-likeness (QED) is 0.583. The Morgan fingerprint density at radius 2 is 1.80 bits per heavy atom. The monoisotopic (exact) mass is 409 g/mol. The summed E-state index contributed by atoms with van der Waals surface area (Å²) in [6.07, 6.45) is 0.816. The maximum absolute atomic E-state index is 13.4. The number of H-pyrrole nitrogens is 1. The van der Waals surface area contributed by atoms with Gasteiger partial charge in [-0.05, 0) is 68.7 Å². The van der Waals surface area contributed by atoms with E-state index in [-0.39, 0.29) is 30.2 Å². The molecule has 0 aliphatic rings. The van der Waals surface area contributed by atoms with Gasteiger partial charge in [0.2, 0.25) is 11.8 Å². The Balaban J connectivity index is 1.81. The highest BCUT2D eigenvalue weighted by atomic mass is 19.1. The minimum absolute atomic E-state index is 0.0378. The molecule has 158 valence electrons. The molecule has 1 heterocycles. The van der Waals surface area contributed by atoms with Crippen molar-refractivity contribution in [1.29, 1.82) is 0 Å². The summed E-state index contributed by atoms with van der Waals surface area (Å²) in [7, 11) is 0. The van der Waals surface area contributed by atoms with Crippen LogP contribution in [0.1, 0.15) is 32.8 Å². The molecule has 2 aromatic carbocycles. The normalized spacial score (nSPS) is 11.1. The third kappa shape index (κ3) is 5.06. The van der Waals surface area contributed by atoms with Crippen LogP contribution in [0.3, 0.4) is 0 Å². The van der Waals surface area contributed by atoms with E-state index >= 15 is 0 Å². The molecule has 30 heavy (non-hydrogen) atoms. The molecule has 6 heteroatoms. The largest absolute Gasteiger partial charge is 0.354 e. The Kier molecular flexibility index (Phi) is 6.87. The number of hydrogen-bond donors (Lipinski definition) is 2. The number of aromatic amines is 1. The summed E-state index contributed by atoms with van der Waals surface area (Å²) in [5.74, 6) is -0.504. The zero-order valence-electron chi connectivity index (χ0n) is 17.7. The number of carbonyl (C=O) groups excluding carboxylic acids is 2. The maximum atomic E-state index is 13.4. The van der Waals surface area contributed by atoms with E-state index in [9.17, 15) is 14.0 Å². The number of halogens is 1. The molecule has 0 spiro atoms. The molecule has 2 amide bonds. The lowest BCUT2D eigenvalue weighted by Gasteiger charge is -2.21. The highest BCUT2D eigenvalue weighted by molar-refractivity contribution is 5.91. The van der Waals surface area contributed by atoms with E-state index in [2.05, 4.69) is 10.3 Å². The molecule has 0 fully saturated rings. The molecular formula is C24H28FN3O2. The highest BCUT2D eigenvalue weighted by Gasteiger charge is 2.19. The lowest BCUT2D eigenvalue weighted by molar-refractivity contribution is -0.136. The Morgan fingerprint density at radius 1 is 1.10 bits per heavy atom. The van der Waals surface area contributed by atoms with Crippen LogP contribution in [0.5, 0.6) is 0 Å². The second kappa shape index (κ2) is 9.57. The first-order valence-electron chi connectivity index (χ1n) is 10.3. The summed E-state index contributed by atoms with van der Waals surface area (Å²) < 4.78 is 13.4. The molecule has 5 nitrogen and oxygen atoms in total. The first-order valence-corrected chi connectivity index (χ1v) is 10.3. The number of amides is 2. The lowest BCUT2D eigenvalue weighted by Crippen LogP contribution is -2.42. The Morgan fingerprint density at radius 3 is 2.47 bits per heavy atom. The molecule has 0 unspecified atom stereocenters. The summed E-state index contributed by atoms with van der Waals surface area (Å²) in [5.41, 5.74) is 3.76. The van der Waals surface area contributed by atoms with Crippen LogP contribution in [0.2, 0.25) is 0 Å². The Bertz CT molecular complexity index is 1020. The highest BCUT2D eigenvalue weighted by Crippen LogP contribution is 2.31. The predicted octanol–water partition coefficient (Wildman–Crippen LogP) is 4.28. The van der Waals surface area contributed by atoms with Crippen molar-refractivity contribution in [3.63, 3.8) is 0 Å². The van der Waals surface area contributed by atoms with Gasteiger partial charge in [-0.25, -0.2) is 4.39 Å². The predicted molar refractivity (Wildman–Crippen MR) is 118 cm³/mol. The summed E-state index contributed by atoms with van der Waals surface area (Å²) in [6.45, 7) is 6.19. The van der Waals surface area contributed by atoms with Crippen LogP contribution in [0.25, 0.3) is 22.2 Å². The summed E-state index contributed by atoms with van der Waals surface area (Å²) in [4.78, 5) is 29.8. The Hall–Kier alpha value is -3.15. The van der Waals surface area contributed by atoms with Crippen LogP contribution in [0.4, 0.5) is 4.39 Å². The van der Waals surface area contributed by atoms with E-state index in [0.717, 1.165) is 27.7 Å². The van der Waals surface area contributed by atoms with Crippen molar-refractivity contribution in [2.75, 3.05) is 13.1 Å². The first-order chi connectivity index (χ1) is 14.4. The van der Waals surface area contributed by atoms with Crippen LogP contribution in [0.15, 0.2) is 48.5 Å². The SMILES string of the molecule is CCN(CC(=O)NC(C)C)C(=O)CCc1c(-c2ccc(F)cc2)[nH]c2ccccc12. The van der Waals surface area contributed by atoms with E-state index < -0.39 is 0 Å². The second-order valence-electron chi connectivity index (χ2n) is 7.66. The minimum Gasteiger partial charge on any atom is -0.354 e. The van der Waals surface area contributed by atoms with Gasteiger partial charge in [-0.2, -0.15) is 0 Å². The van der Waals surface area contributed by atoms with E-state index in [1.165, 1.54) is 12.1 Å². The number of nitrogens with one attached hydrogen (secondary N) is 2. The topological polar surface area (TPSA) is 65.2 Å². The van der Waals surface area contributed by atoms with Crippen molar-refractivity contribution in [3.8, 4) is 11.3 Å². The molecule has 2 N–H and O–H groups in total. The smallest absolute Gasteiger partial charge is 0.239 e. The number of hydrogen-bond acceptors (Lipinski definition) is 2. The van der Waals surface area contributed by atoms with E-state index in [1.807, 2.05) is 45.0 Å². The number of nitrogens with zero attached hydrogens (tertiary/aromatic N) is 1. The van der Waals surface area contributed by atoms with Gasteiger partial charge in [-0.3, -0.25) is 9.59 Å². The molecular weight excluding hydrogens is 381 g/mol. The fourth-order valence-corrected chi connectivity index (χ4v) is 3.63. The number of fused-ring (bicyclic) bond motifs is 1. The molecule has 1 aromatic heterocycles. The van der Waals surface area contributed by atoms with E-state index in [0.29, 0.717) is 19.4 Å². The first kappa shape index (κ1) is 21.6. The number of rotatable bonds is 8. The van der Waals surface area contributed by atoms with Crippen LogP contribution >= 0.6 is 0 Å². The molecule has 0 atom stereocenters. The maximum Gasteiger partial charge on any atom is 0.239 e. The average molecular weight is 410 g/mol. The van der Waals surface area contributed by atoms with Gasteiger partial charge in [-0.15, -0.1) is 0 Å². The molecule has 3 aromatic rings.